The molecule has 2 heterocycles. The minimum atomic E-state index is -0.144. The first kappa shape index (κ1) is 17.8. The van der Waals surface area contributed by atoms with E-state index in [-0.39, 0.29) is 18.6 Å². The molecule has 1 aromatic carbocycles. The van der Waals surface area contributed by atoms with E-state index in [9.17, 15) is 5.11 Å². The van der Waals surface area contributed by atoms with E-state index in [0.29, 0.717) is 17.7 Å². The van der Waals surface area contributed by atoms with Gasteiger partial charge in [0.1, 0.15) is 0 Å². The zero-order chi connectivity index (χ0) is 18.4. The van der Waals surface area contributed by atoms with Crippen LogP contribution in [0.1, 0.15) is 13.8 Å². The topological polar surface area (TPSA) is 95.8 Å². The second-order valence-electron chi connectivity index (χ2n) is 6.21. The molecule has 2 aromatic heterocycles. The standard InChI is InChI=1S/C19H22N6O/c1-13(2)16(12-26)22-19-24-17(14-6-4-3-5-7-14)23-18(25-19)21-15-8-10-20-11-9-15/h3-11,13,16,26H,12H2,1-2H3,(H2,20,21,22,23,24,25). The lowest BCUT2D eigenvalue weighted by atomic mass is 10.1. The second kappa shape index (κ2) is 8.35. The van der Waals surface area contributed by atoms with Gasteiger partial charge in [0.15, 0.2) is 5.82 Å². The minimum absolute atomic E-state index is 0.00284. The Morgan fingerprint density at radius 1 is 0.923 bits per heavy atom. The molecule has 0 saturated heterocycles. The van der Waals surface area contributed by atoms with E-state index in [1.165, 1.54) is 0 Å². The summed E-state index contributed by atoms with van der Waals surface area (Å²) in [4.78, 5) is 17.5. The minimum Gasteiger partial charge on any atom is -0.394 e. The van der Waals surface area contributed by atoms with Crippen LogP contribution in [0.3, 0.4) is 0 Å². The highest BCUT2D eigenvalue weighted by atomic mass is 16.3. The SMILES string of the molecule is CC(C)C(CO)Nc1nc(Nc2ccncc2)nc(-c2ccccc2)n1. The van der Waals surface area contributed by atoms with Crippen molar-refractivity contribution in [3.8, 4) is 11.4 Å². The van der Waals surface area contributed by atoms with Crippen molar-refractivity contribution in [3.63, 3.8) is 0 Å². The van der Waals surface area contributed by atoms with E-state index in [2.05, 4.69) is 30.6 Å². The van der Waals surface area contributed by atoms with Crippen molar-refractivity contribution in [2.75, 3.05) is 17.2 Å². The van der Waals surface area contributed by atoms with E-state index >= 15 is 0 Å². The molecule has 0 fully saturated rings. The van der Waals surface area contributed by atoms with Gasteiger partial charge < -0.3 is 15.7 Å². The van der Waals surface area contributed by atoms with E-state index in [1.54, 1.807) is 12.4 Å². The number of hydrogen-bond donors (Lipinski definition) is 3. The third kappa shape index (κ3) is 4.52. The molecule has 1 unspecified atom stereocenters. The molecule has 0 aliphatic heterocycles. The molecule has 7 nitrogen and oxygen atoms in total. The normalized spacial score (nSPS) is 12.0. The highest BCUT2D eigenvalue weighted by molar-refractivity contribution is 5.60. The summed E-state index contributed by atoms with van der Waals surface area (Å²) in [5, 5.41) is 16.0. The van der Waals surface area contributed by atoms with Gasteiger partial charge in [-0.05, 0) is 18.1 Å². The fourth-order valence-corrected chi connectivity index (χ4v) is 2.37. The van der Waals surface area contributed by atoms with Crippen LogP contribution in [-0.4, -0.2) is 37.7 Å². The maximum absolute atomic E-state index is 9.59. The molecular formula is C19H22N6O. The number of aliphatic hydroxyl groups is 1. The summed E-state index contributed by atoms with van der Waals surface area (Å²) in [6.45, 7) is 4.06. The zero-order valence-electron chi connectivity index (χ0n) is 14.8. The van der Waals surface area contributed by atoms with Crippen molar-refractivity contribution in [3.05, 3.63) is 54.9 Å². The second-order valence-corrected chi connectivity index (χ2v) is 6.21. The average molecular weight is 350 g/mol. The Hall–Kier alpha value is -3.06. The quantitative estimate of drug-likeness (QED) is 0.602. The van der Waals surface area contributed by atoms with Gasteiger partial charge in [0.05, 0.1) is 12.6 Å². The van der Waals surface area contributed by atoms with Crippen molar-refractivity contribution < 1.29 is 5.11 Å². The van der Waals surface area contributed by atoms with Crippen LogP contribution in [-0.2, 0) is 0 Å². The lowest BCUT2D eigenvalue weighted by Crippen LogP contribution is -2.30. The number of pyridine rings is 1. The predicted octanol–water partition coefficient (Wildman–Crippen LogP) is 3.11. The summed E-state index contributed by atoms with van der Waals surface area (Å²) in [5.41, 5.74) is 1.72. The van der Waals surface area contributed by atoms with Gasteiger partial charge in [-0.15, -0.1) is 0 Å². The molecule has 3 N–H and O–H groups in total. The van der Waals surface area contributed by atoms with Gasteiger partial charge >= 0.3 is 0 Å². The van der Waals surface area contributed by atoms with Gasteiger partial charge in [-0.3, -0.25) is 4.98 Å². The van der Waals surface area contributed by atoms with Crippen LogP contribution < -0.4 is 10.6 Å². The van der Waals surface area contributed by atoms with Crippen LogP contribution in [0.25, 0.3) is 11.4 Å². The van der Waals surface area contributed by atoms with Crippen LogP contribution in [0.2, 0.25) is 0 Å². The largest absolute Gasteiger partial charge is 0.394 e. The molecule has 1 atom stereocenters. The van der Waals surface area contributed by atoms with Gasteiger partial charge in [0.2, 0.25) is 11.9 Å². The molecule has 3 rings (SSSR count). The molecule has 26 heavy (non-hydrogen) atoms. The van der Waals surface area contributed by atoms with E-state index < -0.39 is 0 Å². The summed E-state index contributed by atoms with van der Waals surface area (Å²) in [6.07, 6.45) is 3.39. The van der Waals surface area contributed by atoms with Crippen molar-refractivity contribution in [1.29, 1.82) is 0 Å². The summed E-state index contributed by atoms with van der Waals surface area (Å²) >= 11 is 0. The monoisotopic (exact) mass is 350 g/mol. The third-order valence-corrected chi connectivity index (χ3v) is 3.92. The molecule has 0 saturated carbocycles. The van der Waals surface area contributed by atoms with Gasteiger partial charge in [0, 0.05) is 23.6 Å². The maximum Gasteiger partial charge on any atom is 0.232 e. The Kier molecular flexibility index (Phi) is 5.70. The van der Waals surface area contributed by atoms with Crippen molar-refractivity contribution in [1.82, 2.24) is 19.9 Å². The van der Waals surface area contributed by atoms with Crippen LogP contribution in [0, 0.1) is 5.92 Å². The van der Waals surface area contributed by atoms with Crippen molar-refractivity contribution in [2.24, 2.45) is 5.92 Å². The van der Waals surface area contributed by atoms with E-state index in [1.807, 2.05) is 56.3 Å². The molecule has 3 aromatic rings. The Morgan fingerprint density at radius 2 is 1.62 bits per heavy atom. The Bertz CT molecular complexity index is 826. The molecule has 7 heteroatoms. The number of benzene rings is 1. The molecular weight excluding hydrogens is 328 g/mol. The molecule has 0 radical (unpaired) electrons. The highest BCUT2D eigenvalue weighted by Crippen LogP contribution is 2.20. The van der Waals surface area contributed by atoms with Gasteiger partial charge in [-0.25, -0.2) is 0 Å². The first-order valence-electron chi connectivity index (χ1n) is 8.51. The molecule has 134 valence electrons. The molecule has 0 bridgehead atoms. The number of hydrogen-bond acceptors (Lipinski definition) is 7. The number of aromatic nitrogens is 4. The fourth-order valence-electron chi connectivity index (χ4n) is 2.37. The number of aliphatic hydroxyl groups excluding tert-OH is 1. The van der Waals surface area contributed by atoms with Crippen molar-refractivity contribution >= 4 is 17.6 Å². The van der Waals surface area contributed by atoms with Crippen LogP contribution >= 0.6 is 0 Å². The maximum atomic E-state index is 9.59. The van der Waals surface area contributed by atoms with Gasteiger partial charge in [-0.2, -0.15) is 15.0 Å². The molecule has 0 amide bonds. The van der Waals surface area contributed by atoms with Crippen LogP contribution in [0.5, 0.6) is 0 Å². The Balaban J connectivity index is 1.96. The molecule has 0 aliphatic rings. The number of rotatable bonds is 7. The Labute approximate surface area is 152 Å². The molecule has 0 spiro atoms. The first-order chi connectivity index (χ1) is 12.7. The lowest BCUT2D eigenvalue weighted by Gasteiger charge is -2.20. The summed E-state index contributed by atoms with van der Waals surface area (Å²) in [6, 6.07) is 13.2. The summed E-state index contributed by atoms with van der Waals surface area (Å²) in [5.74, 6) is 1.63. The first-order valence-corrected chi connectivity index (χ1v) is 8.51. The highest BCUT2D eigenvalue weighted by Gasteiger charge is 2.15. The van der Waals surface area contributed by atoms with Gasteiger partial charge in [-0.1, -0.05) is 44.2 Å². The van der Waals surface area contributed by atoms with Crippen LogP contribution in [0.15, 0.2) is 54.9 Å². The third-order valence-electron chi connectivity index (χ3n) is 3.92. The van der Waals surface area contributed by atoms with Crippen LogP contribution in [0.4, 0.5) is 17.6 Å². The van der Waals surface area contributed by atoms with Crippen molar-refractivity contribution in [2.45, 2.75) is 19.9 Å². The Morgan fingerprint density at radius 3 is 2.27 bits per heavy atom. The summed E-state index contributed by atoms with van der Waals surface area (Å²) < 4.78 is 0. The summed E-state index contributed by atoms with van der Waals surface area (Å²) in [7, 11) is 0. The smallest absolute Gasteiger partial charge is 0.232 e. The number of nitrogens with zero attached hydrogens (tertiary/aromatic N) is 4. The van der Waals surface area contributed by atoms with E-state index in [0.717, 1.165) is 11.3 Å². The van der Waals surface area contributed by atoms with Gasteiger partial charge in [0.25, 0.3) is 0 Å². The zero-order valence-corrected chi connectivity index (χ0v) is 14.8. The fraction of sp³-hybridized carbons (Fsp3) is 0.263. The predicted molar refractivity (Wildman–Crippen MR) is 102 cm³/mol. The average Bonchev–Trinajstić information content (AvgIpc) is 2.67. The number of anilines is 3. The molecule has 0 aliphatic carbocycles. The lowest BCUT2D eigenvalue weighted by molar-refractivity contribution is 0.248. The number of nitrogens with one attached hydrogen (secondary N) is 2. The van der Waals surface area contributed by atoms with E-state index in [4.69, 9.17) is 0 Å².